The first-order valence-electron chi connectivity index (χ1n) is 4.33. The molecule has 0 aromatic carbocycles. The van der Waals surface area contributed by atoms with Crippen LogP contribution in [0, 0.1) is 6.92 Å². The van der Waals surface area contributed by atoms with Gasteiger partial charge in [0.25, 0.3) is 0 Å². The van der Waals surface area contributed by atoms with Crippen LogP contribution in [0.1, 0.15) is 24.0 Å². The maximum Gasteiger partial charge on any atom is 0.129 e. The molecule has 1 rings (SSSR count). The molecule has 1 heterocycles. The number of hydrogen-bond acceptors (Lipinski definition) is 4. The summed E-state index contributed by atoms with van der Waals surface area (Å²) >= 11 is 1.63. The minimum absolute atomic E-state index is 0.520. The molecule has 1 aromatic rings. The van der Waals surface area contributed by atoms with Gasteiger partial charge in [-0.1, -0.05) is 6.92 Å². The van der Waals surface area contributed by atoms with Crippen LogP contribution in [0.5, 0.6) is 0 Å². The summed E-state index contributed by atoms with van der Waals surface area (Å²) < 4.78 is 0. The fourth-order valence-corrected chi connectivity index (χ4v) is 1.86. The molecule has 13 heavy (non-hydrogen) atoms. The first-order chi connectivity index (χ1) is 6.22. The van der Waals surface area contributed by atoms with Gasteiger partial charge in [-0.05, 0) is 13.2 Å². The van der Waals surface area contributed by atoms with Crippen molar-refractivity contribution in [3.05, 3.63) is 17.1 Å². The molecule has 0 amide bonds. The number of nitrogens with zero attached hydrogens (tertiary/aromatic N) is 2. The quantitative estimate of drug-likeness (QED) is 0.589. The Morgan fingerprint density at radius 3 is 2.54 bits per heavy atom. The van der Waals surface area contributed by atoms with Gasteiger partial charge in [0.1, 0.15) is 10.9 Å². The molecule has 2 N–H and O–H groups in total. The third kappa shape index (κ3) is 2.19. The van der Waals surface area contributed by atoms with Gasteiger partial charge in [0.05, 0.1) is 0 Å². The third-order valence-electron chi connectivity index (χ3n) is 1.94. The molecular weight excluding hydrogens is 182 g/mol. The van der Waals surface area contributed by atoms with Crippen molar-refractivity contribution in [3.8, 4) is 0 Å². The van der Waals surface area contributed by atoms with E-state index in [0.717, 1.165) is 28.5 Å². The summed E-state index contributed by atoms with van der Waals surface area (Å²) in [6.45, 7) is 4.57. The molecule has 0 fully saturated rings. The van der Waals surface area contributed by atoms with E-state index in [2.05, 4.69) is 16.9 Å². The van der Waals surface area contributed by atoms with Gasteiger partial charge in [0.2, 0.25) is 0 Å². The number of thioether (sulfide) groups is 1. The molecule has 72 valence electrons. The maximum absolute atomic E-state index is 5.63. The van der Waals surface area contributed by atoms with E-state index in [0.29, 0.717) is 6.54 Å². The summed E-state index contributed by atoms with van der Waals surface area (Å²) in [5, 5.41) is 1.02. The van der Waals surface area contributed by atoms with E-state index < -0.39 is 0 Å². The maximum atomic E-state index is 5.63. The van der Waals surface area contributed by atoms with Gasteiger partial charge in [-0.25, -0.2) is 9.97 Å². The fraction of sp³-hybridized carbons (Fsp3) is 0.556. The standard InChI is InChI=1S/C9H15N3S/c1-4-8-11-6(2)7(5-10)9(12-8)13-3/h4-5,10H2,1-3H3. The predicted molar refractivity (Wildman–Crippen MR) is 55.8 cm³/mol. The Balaban J connectivity index is 3.20. The molecule has 0 unspecified atom stereocenters. The second kappa shape index (κ2) is 4.58. The van der Waals surface area contributed by atoms with Gasteiger partial charge in [-0.3, -0.25) is 0 Å². The van der Waals surface area contributed by atoms with Crippen molar-refractivity contribution in [1.82, 2.24) is 9.97 Å². The van der Waals surface area contributed by atoms with E-state index in [4.69, 9.17) is 5.73 Å². The van der Waals surface area contributed by atoms with Gasteiger partial charge >= 0.3 is 0 Å². The zero-order chi connectivity index (χ0) is 9.84. The van der Waals surface area contributed by atoms with Crippen molar-refractivity contribution in [2.45, 2.75) is 31.8 Å². The van der Waals surface area contributed by atoms with Gasteiger partial charge in [-0.15, -0.1) is 11.8 Å². The molecule has 1 aromatic heterocycles. The van der Waals surface area contributed by atoms with Crippen LogP contribution in [0.25, 0.3) is 0 Å². The lowest BCUT2D eigenvalue weighted by atomic mass is 10.2. The van der Waals surface area contributed by atoms with Crippen LogP contribution in [-0.2, 0) is 13.0 Å². The van der Waals surface area contributed by atoms with Crippen molar-refractivity contribution < 1.29 is 0 Å². The van der Waals surface area contributed by atoms with E-state index in [9.17, 15) is 0 Å². The highest BCUT2D eigenvalue weighted by atomic mass is 32.2. The smallest absolute Gasteiger partial charge is 0.129 e. The van der Waals surface area contributed by atoms with Gasteiger partial charge in [-0.2, -0.15) is 0 Å². The van der Waals surface area contributed by atoms with E-state index in [-0.39, 0.29) is 0 Å². The summed E-state index contributed by atoms with van der Waals surface area (Å²) in [6, 6.07) is 0. The first kappa shape index (κ1) is 10.5. The molecule has 0 saturated heterocycles. The molecule has 3 nitrogen and oxygen atoms in total. The summed E-state index contributed by atoms with van der Waals surface area (Å²) in [4.78, 5) is 8.78. The van der Waals surface area contributed by atoms with Crippen molar-refractivity contribution in [1.29, 1.82) is 0 Å². The second-order valence-corrected chi connectivity index (χ2v) is 3.57. The second-order valence-electron chi connectivity index (χ2n) is 2.77. The Bertz CT molecular complexity index is 299. The minimum Gasteiger partial charge on any atom is -0.326 e. The summed E-state index contributed by atoms with van der Waals surface area (Å²) in [5.41, 5.74) is 7.71. The van der Waals surface area contributed by atoms with Crippen LogP contribution >= 0.6 is 11.8 Å². The molecule has 0 atom stereocenters. The lowest BCUT2D eigenvalue weighted by Gasteiger charge is -2.08. The van der Waals surface area contributed by atoms with Crippen LogP contribution in [-0.4, -0.2) is 16.2 Å². The SMILES string of the molecule is CCc1nc(C)c(CN)c(SC)n1. The highest BCUT2D eigenvalue weighted by Gasteiger charge is 2.07. The Morgan fingerprint density at radius 2 is 2.08 bits per heavy atom. The van der Waals surface area contributed by atoms with E-state index in [1.807, 2.05) is 13.2 Å². The largest absolute Gasteiger partial charge is 0.326 e. The normalized spacial score (nSPS) is 10.5. The van der Waals surface area contributed by atoms with Crippen LogP contribution in [0.15, 0.2) is 5.03 Å². The minimum atomic E-state index is 0.520. The number of hydrogen-bond donors (Lipinski definition) is 1. The van der Waals surface area contributed by atoms with Crippen molar-refractivity contribution in [3.63, 3.8) is 0 Å². The third-order valence-corrected chi connectivity index (χ3v) is 2.66. The molecule has 0 bridgehead atoms. The van der Waals surface area contributed by atoms with Crippen LogP contribution in [0.2, 0.25) is 0 Å². The van der Waals surface area contributed by atoms with Gasteiger partial charge in [0, 0.05) is 24.2 Å². The number of aromatic nitrogens is 2. The van der Waals surface area contributed by atoms with Crippen LogP contribution in [0.3, 0.4) is 0 Å². The molecule has 0 saturated carbocycles. The summed E-state index contributed by atoms with van der Waals surface area (Å²) in [7, 11) is 0. The molecule has 0 radical (unpaired) electrons. The Morgan fingerprint density at radius 1 is 1.38 bits per heavy atom. The van der Waals surface area contributed by atoms with E-state index in [1.54, 1.807) is 11.8 Å². The van der Waals surface area contributed by atoms with Gasteiger partial charge in [0.15, 0.2) is 0 Å². The van der Waals surface area contributed by atoms with Crippen LogP contribution in [0.4, 0.5) is 0 Å². The van der Waals surface area contributed by atoms with E-state index in [1.165, 1.54) is 0 Å². The van der Waals surface area contributed by atoms with Crippen molar-refractivity contribution in [2.24, 2.45) is 5.73 Å². The topological polar surface area (TPSA) is 51.8 Å². The Labute approximate surface area is 83.2 Å². The highest BCUT2D eigenvalue weighted by molar-refractivity contribution is 7.98. The monoisotopic (exact) mass is 197 g/mol. The molecule has 0 aliphatic carbocycles. The summed E-state index contributed by atoms with van der Waals surface area (Å²) in [6.07, 6.45) is 2.89. The lowest BCUT2D eigenvalue weighted by molar-refractivity contribution is 0.819. The van der Waals surface area contributed by atoms with Crippen molar-refractivity contribution in [2.75, 3.05) is 6.26 Å². The Hall–Kier alpha value is -0.610. The molecule has 4 heteroatoms. The molecule has 0 aliphatic rings. The van der Waals surface area contributed by atoms with E-state index >= 15 is 0 Å². The number of aryl methyl sites for hydroxylation is 2. The molecule has 0 spiro atoms. The van der Waals surface area contributed by atoms with Gasteiger partial charge < -0.3 is 5.73 Å². The summed E-state index contributed by atoms with van der Waals surface area (Å²) in [5.74, 6) is 0.902. The van der Waals surface area contributed by atoms with Crippen LogP contribution < -0.4 is 5.73 Å². The number of nitrogens with two attached hydrogens (primary N) is 1. The average molecular weight is 197 g/mol. The Kier molecular flexibility index (Phi) is 3.69. The fourth-order valence-electron chi connectivity index (χ4n) is 1.19. The highest BCUT2D eigenvalue weighted by Crippen LogP contribution is 2.19. The zero-order valence-electron chi connectivity index (χ0n) is 8.29. The molecular formula is C9H15N3S. The number of rotatable bonds is 3. The average Bonchev–Trinajstić information content (AvgIpc) is 2.16. The lowest BCUT2D eigenvalue weighted by Crippen LogP contribution is -2.07. The zero-order valence-corrected chi connectivity index (χ0v) is 9.11. The van der Waals surface area contributed by atoms with Crippen molar-refractivity contribution >= 4 is 11.8 Å². The first-order valence-corrected chi connectivity index (χ1v) is 5.55. The predicted octanol–water partition coefficient (Wildman–Crippen LogP) is 1.53. The molecule has 0 aliphatic heterocycles.